The zero-order chi connectivity index (χ0) is 10.1. The predicted molar refractivity (Wildman–Crippen MR) is 54.4 cm³/mol. The first kappa shape index (κ1) is 10.5. The standard InChI is InChI=1S/C9H14NO2P/c1-7-4-5-9(6-8(7)2)13(10,11)12-3/h4-6H,1-3H3,(H2,10,11). The fourth-order valence-electron chi connectivity index (χ4n) is 1.02. The number of hydrogen-bond acceptors (Lipinski definition) is 2. The normalized spacial score (nSPS) is 15.4. The Hall–Kier alpha value is -0.630. The van der Waals surface area contributed by atoms with Gasteiger partial charge in [0.05, 0.1) is 5.30 Å². The maximum atomic E-state index is 11.6. The third-order valence-corrected chi connectivity index (χ3v) is 3.66. The van der Waals surface area contributed by atoms with Crippen LogP contribution < -0.4 is 10.8 Å². The van der Waals surface area contributed by atoms with Gasteiger partial charge in [-0.1, -0.05) is 6.07 Å². The van der Waals surface area contributed by atoms with Crippen LogP contribution in [0.5, 0.6) is 0 Å². The van der Waals surface area contributed by atoms with Gasteiger partial charge in [-0.05, 0) is 37.1 Å². The predicted octanol–water partition coefficient (Wildman–Crippen LogP) is 1.73. The molecule has 0 aromatic heterocycles. The van der Waals surface area contributed by atoms with E-state index < -0.39 is 7.52 Å². The molecule has 0 aliphatic rings. The molecule has 0 radical (unpaired) electrons. The van der Waals surface area contributed by atoms with E-state index in [2.05, 4.69) is 0 Å². The number of aryl methyl sites for hydroxylation is 2. The van der Waals surface area contributed by atoms with Gasteiger partial charge in [-0.15, -0.1) is 0 Å². The monoisotopic (exact) mass is 199 g/mol. The highest BCUT2D eigenvalue weighted by atomic mass is 31.2. The minimum absolute atomic E-state index is 0.568. The summed E-state index contributed by atoms with van der Waals surface area (Å²) >= 11 is 0. The van der Waals surface area contributed by atoms with Crippen LogP contribution in [-0.2, 0) is 9.09 Å². The number of rotatable bonds is 2. The Morgan fingerprint density at radius 2 is 1.92 bits per heavy atom. The van der Waals surface area contributed by atoms with E-state index in [1.165, 1.54) is 7.11 Å². The summed E-state index contributed by atoms with van der Waals surface area (Å²) in [4.78, 5) is 0. The van der Waals surface area contributed by atoms with Crippen molar-refractivity contribution in [2.75, 3.05) is 7.11 Å². The average molecular weight is 199 g/mol. The van der Waals surface area contributed by atoms with Gasteiger partial charge in [0.1, 0.15) is 0 Å². The zero-order valence-electron chi connectivity index (χ0n) is 8.07. The summed E-state index contributed by atoms with van der Waals surface area (Å²) in [5.74, 6) is 0. The second-order valence-electron chi connectivity index (χ2n) is 3.05. The van der Waals surface area contributed by atoms with E-state index in [0.29, 0.717) is 5.30 Å². The lowest BCUT2D eigenvalue weighted by Gasteiger charge is -2.11. The number of benzene rings is 1. The minimum Gasteiger partial charge on any atom is -0.318 e. The van der Waals surface area contributed by atoms with Crippen LogP contribution in [0.4, 0.5) is 0 Å². The smallest absolute Gasteiger partial charge is 0.296 e. The maximum Gasteiger partial charge on any atom is 0.296 e. The first-order valence-electron chi connectivity index (χ1n) is 3.99. The molecule has 1 rings (SSSR count). The summed E-state index contributed by atoms with van der Waals surface area (Å²) in [7, 11) is -1.72. The quantitative estimate of drug-likeness (QED) is 0.738. The lowest BCUT2D eigenvalue weighted by atomic mass is 10.1. The van der Waals surface area contributed by atoms with E-state index in [1.807, 2.05) is 19.9 Å². The molecule has 72 valence electrons. The number of hydrogen-bond donors (Lipinski definition) is 1. The molecule has 1 atom stereocenters. The second kappa shape index (κ2) is 3.62. The number of nitrogens with two attached hydrogens (primary N) is 1. The average Bonchev–Trinajstić information content (AvgIpc) is 2.09. The highest BCUT2D eigenvalue weighted by Gasteiger charge is 2.18. The highest BCUT2D eigenvalue weighted by Crippen LogP contribution is 2.35. The van der Waals surface area contributed by atoms with E-state index in [-0.39, 0.29) is 0 Å². The van der Waals surface area contributed by atoms with Gasteiger partial charge in [-0.25, -0.2) is 0 Å². The Labute approximate surface area is 78.4 Å². The summed E-state index contributed by atoms with van der Waals surface area (Å²) in [6, 6.07) is 5.44. The van der Waals surface area contributed by atoms with Crippen molar-refractivity contribution in [1.82, 2.24) is 0 Å². The van der Waals surface area contributed by atoms with Crippen LogP contribution in [0.1, 0.15) is 11.1 Å². The molecular weight excluding hydrogens is 185 g/mol. The summed E-state index contributed by atoms with van der Waals surface area (Å²) < 4.78 is 16.4. The maximum absolute atomic E-state index is 11.6. The van der Waals surface area contributed by atoms with Crippen LogP contribution >= 0.6 is 7.52 Å². The summed E-state index contributed by atoms with van der Waals surface area (Å²) in [5, 5.41) is 0.568. The van der Waals surface area contributed by atoms with Crippen LogP contribution in [0.3, 0.4) is 0 Å². The Morgan fingerprint density at radius 3 is 2.38 bits per heavy atom. The van der Waals surface area contributed by atoms with Crippen molar-refractivity contribution in [3.05, 3.63) is 29.3 Å². The Balaban J connectivity index is 3.18. The fourth-order valence-corrected chi connectivity index (χ4v) is 1.89. The lowest BCUT2D eigenvalue weighted by molar-refractivity contribution is 0.404. The molecule has 13 heavy (non-hydrogen) atoms. The molecule has 0 bridgehead atoms. The first-order chi connectivity index (χ1) is 5.97. The van der Waals surface area contributed by atoms with Crippen LogP contribution in [0.25, 0.3) is 0 Å². The first-order valence-corrected chi connectivity index (χ1v) is 5.69. The van der Waals surface area contributed by atoms with Crippen molar-refractivity contribution < 1.29 is 9.09 Å². The van der Waals surface area contributed by atoms with E-state index in [1.54, 1.807) is 12.1 Å². The molecule has 0 saturated heterocycles. The van der Waals surface area contributed by atoms with Gasteiger partial charge in [0.25, 0.3) is 7.52 Å². The van der Waals surface area contributed by atoms with Gasteiger partial charge in [0, 0.05) is 7.11 Å². The third-order valence-electron chi connectivity index (χ3n) is 2.12. The molecule has 4 heteroatoms. The zero-order valence-corrected chi connectivity index (χ0v) is 8.97. The molecule has 0 amide bonds. The molecule has 0 spiro atoms. The fraction of sp³-hybridized carbons (Fsp3) is 0.333. The van der Waals surface area contributed by atoms with E-state index >= 15 is 0 Å². The topological polar surface area (TPSA) is 52.3 Å². The molecule has 1 unspecified atom stereocenters. The summed E-state index contributed by atoms with van der Waals surface area (Å²) in [5.41, 5.74) is 7.71. The molecule has 0 heterocycles. The molecular formula is C9H14NO2P. The minimum atomic E-state index is -3.07. The Kier molecular flexibility index (Phi) is 2.91. The molecule has 3 nitrogen and oxygen atoms in total. The second-order valence-corrected chi connectivity index (χ2v) is 5.12. The largest absolute Gasteiger partial charge is 0.318 e. The van der Waals surface area contributed by atoms with Crippen LogP contribution in [0.2, 0.25) is 0 Å². The summed E-state index contributed by atoms with van der Waals surface area (Å²) in [6.07, 6.45) is 0. The molecule has 0 aliphatic carbocycles. The molecule has 1 aromatic rings. The highest BCUT2D eigenvalue weighted by molar-refractivity contribution is 7.64. The molecule has 2 N–H and O–H groups in total. The van der Waals surface area contributed by atoms with Crippen molar-refractivity contribution in [3.63, 3.8) is 0 Å². The molecule has 0 aliphatic heterocycles. The van der Waals surface area contributed by atoms with Gasteiger partial charge in [0.2, 0.25) is 0 Å². The molecule has 0 saturated carbocycles. The Bertz CT molecular complexity index is 363. The van der Waals surface area contributed by atoms with Crippen molar-refractivity contribution >= 4 is 12.8 Å². The lowest BCUT2D eigenvalue weighted by Crippen LogP contribution is -2.13. The van der Waals surface area contributed by atoms with Gasteiger partial charge in [-0.3, -0.25) is 10.1 Å². The van der Waals surface area contributed by atoms with Crippen molar-refractivity contribution in [2.24, 2.45) is 5.50 Å². The third kappa shape index (κ3) is 2.19. The van der Waals surface area contributed by atoms with E-state index in [9.17, 15) is 4.57 Å². The van der Waals surface area contributed by atoms with Gasteiger partial charge >= 0.3 is 0 Å². The van der Waals surface area contributed by atoms with E-state index in [0.717, 1.165) is 11.1 Å². The van der Waals surface area contributed by atoms with Crippen LogP contribution in [-0.4, -0.2) is 7.11 Å². The van der Waals surface area contributed by atoms with Crippen molar-refractivity contribution in [1.29, 1.82) is 0 Å². The van der Waals surface area contributed by atoms with Crippen molar-refractivity contribution in [2.45, 2.75) is 13.8 Å². The van der Waals surface area contributed by atoms with Gasteiger partial charge < -0.3 is 4.52 Å². The van der Waals surface area contributed by atoms with Crippen molar-refractivity contribution in [3.8, 4) is 0 Å². The molecule has 1 aromatic carbocycles. The van der Waals surface area contributed by atoms with E-state index in [4.69, 9.17) is 10.0 Å². The molecule has 0 fully saturated rings. The van der Waals surface area contributed by atoms with Gasteiger partial charge in [-0.2, -0.15) is 0 Å². The SMILES string of the molecule is COP(N)(=O)c1ccc(C)c(C)c1. The van der Waals surface area contributed by atoms with Crippen LogP contribution in [0, 0.1) is 13.8 Å². The Morgan fingerprint density at radius 1 is 1.31 bits per heavy atom. The van der Waals surface area contributed by atoms with Gasteiger partial charge in [0.15, 0.2) is 0 Å². The van der Waals surface area contributed by atoms with Crippen LogP contribution in [0.15, 0.2) is 18.2 Å². The summed E-state index contributed by atoms with van der Waals surface area (Å²) in [6.45, 7) is 3.95.